The summed E-state index contributed by atoms with van der Waals surface area (Å²) in [5.74, 6) is -0.288. The van der Waals surface area contributed by atoms with Crippen LogP contribution in [0.3, 0.4) is 0 Å². The summed E-state index contributed by atoms with van der Waals surface area (Å²) in [5, 5.41) is 0. The van der Waals surface area contributed by atoms with E-state index in [1.54, 1.807) is 11.0 Å². The van der Waals surface area contributed by atoms with E-state index in [4.69, 9.17) is 4.74 Å². The van der Waals surface area contributed by atoms with Gasteiger partial charge in [-0.1, -0.05) is 24.8 Å². The van der Waals surface area contributed by atoms with E-state index in [0.717, 1.165) is 6.42 Å². The molecule has 0 saturated carbocycles. The summed E-state index contributed by atoms with van der Waals surface area (Å²) in [7, 11) is 1.37. The van der Waals surface area contributed by atoms with Crippen LogP contribution in [0.25, 0.3) is 0 Å². The summed E-state index contributed by atoms with van der Waals surface area (Å²) < 4.78 is 4.74. The van der Waals surface area contributed by atoms with Crippen LogP contribution in [0.5, 0.6) is 0 Å². The lowest BCUT2D eigenvalue weighted by atomic mass is 10.1. The molecule has 4 heteroatoms. The molecule has 0 bridgehead atoms. The summed E-state index contributed by atoms with van der Waals surface area (Å²) in [6.07, 6.45) is 8.67. The SMILES string of the molecule is C=C/C=C/CC/C(=C\[C@@H]1CN1C(C)=O)C(=O)OC. The Labute approximate surface area is 108 Å². The zero-order valence-electron chi connectivity index (χ0n) is 10.9. The Hall–Kier alpha value is -1.84. The van der Waals surface area contributed by atoms with Crippen molar-refractivity contribution in [3.05, 3.63) is 36.5 Å². The third-order valence-electron chi connectivity index (χ3n) is 2.75. The first kappa shape index (κ1) is 14.2. The number of rotatable bonds is 6. The van der Waals surface area contributed by atoms with E-state index < -0.39 is 0 Å². The van der Waals surface area contributed by atoms with Gasteiger partial charge in [0, 0.05) is 19.0 Å². The van der Waals surface area contributed by atoms with E-state index in [-0.39, 0.29) is 17.9 Å². The smallest absolute Gasteiger partial charge is 0.333 e. The fourth-order valence-electron chi connectivity index (χ4n) is 1.71. The molecule has 1 aliphatic rings. The fraction of sp³-hybridized carbons (Fsp3) is 0.429. The molecule has 0 aliphatic carbocycles. The largest absolute Gasteiger partial charge is 0.466 e. The van der Waals surface area contributed by atoms with Crippen molar-refractivity contribution in [3.8, 4) is 0 Å². The molecule has 0 N–H and O–H groups in total. The average molecular weight is 249 g/mol. The topological polar surface area (TPSA) is 46.4 Å². The van der Waals surface area contributed by atoms with Gasteiger partial charge >= 0.3 is 5.97 Å². The molecule has 0 aromatic rings. The predicted molar refractivity (Wildman–Crippen MR) is 69.8 cm³/mol. The minimum Gasteiger partial charge on any atom is -0.466 e. The van der Waals surface area contributed by atoms with Crippen molar-refractivity contribution >= 4 is 11.9 Å². The molecule has 1 rings (SSSR count). The lowest BCUT2D eigenvalue weighted by Gasteiger charge is -2.04. The molecule has 0 aromatic carbocycles. The molecule has 1 saturated heterocycles. The molecule has 1 heterocycles. The van der Waals surface area contributed by atoms with Gasteiger partial charge in [0.25, 0.3) is 0 Å². The summed E-state index contributed by atoms with van der Waals surface area (Å²) in [6, 6.07) is 0.0555. The van der Waals surface area contributed by atoms with Crippen molar-refractivity contribution in [2.75, 3.05) is 13.7 Å². The number of hydrogen-bond donors (Lipinski definition) is 0. The maximum Gasteiger partial charge on any atom is 0.333 e. The maximum absolute atomic E-state index is 11.6. The molecule has 0 spiro atoms. The zero-order chi connectivity index (χ0) is 13.5. The Morgan fingerprint density at radius 2 is 2.22 bits per heavy atom. The molecule has 18 heavy (non-hydrogen) atoms. The molecular formula is C14H19NO3. The molecule has 1 atom stereocenters. The van der Waals surface area contributed by atoms with Crippen LogP contribution < -0.4 is 0 Å². The van der Waals surface area contributed by atoms with Gasteiger partial charge in [0.05, 0.1) is 13.2 Å². The number of ether oxygens (including phenoxy) is 1. The number of nitrogens with zero attached hydrogens (tertiary/aromatic N) is 1. The van der Waals surface area contributed by atoms with Gasteiger partial charge in [0.1, 0.15) is 0 Å². The number of allylic oxidation sites excluding steroid dienone is 3. The normalized spacial score (nSPS) is 18.9. The minimum atomic E-state index is -0.322. The number of esters is 1. The van der Waals surface area contributed by atoms with Gasteiger partial charge in [-0.3, -0.25) is 4.79 Å². The van der Waals surface area contributed by atoms with E-state index in [9.17, 15) is 9.59 Å². The van der Waals surface area contributed by atoms with Crippen molar-refractivity contribution < 1.29 is 14.3 Å². The number of carbonyl (C=O) groups excluding carboxylic acids is 2. The first-order valence-electron chi connectivity index (χ1n) is 5.94. The van der Waals surface area contributed by atoms with Crippen molar-refractivity contribution in [2.24, 2.45) is 0 Å². The second kappa shape index (κ2) is 6.79. The van der Waals surface area contributed by atoms with Gasteiger partial charge in [-0.2, -0.15) is 0 Å². The number of methoxy groups -OCH3 is 1. The van der Waals surface area contributed by atoms with Gasteiger partial charge in [-0.15, -0.1) is 0 Å². The van der Waals surface area contributed by atoms with E-state index >= 15 is 0 Å². The zero-order valence-corrected chi connectivity index (χ0v) is 10.9. The van der Waals surface area contributed by atoms with Crippen LogP contribution >= 0.6 is 0 Å². The second-order valence-corrected chi connectivity index (χ2v) is 4.12. The fourth-order valence-corrected chi connectivity index (χ4v) is 1.71. The lowest BCUT2D eigenvalue weighted by molar-refractivity contribution is -0.136. The third-order valence-corrected chi connectivity index (χ3v) is 2.75. The molecular weight excluding hydrogens is 230 g/mol. The maximum atomic E-state index is 11.6. The van der Waals surface area contributed by atoms with Crippen LogP contribution in [0.2, 0.25) is 0 Å². The average Bonchev–Trinajstić information content (AvgIpc) is 3.11. The first-order valence-corrected chi connectivity index (χ1v) is 5.94. The highest BCUT2D eigenvalue weighted by atomic mass is 16.5. The molecule has 1 amide bonds. The second-order valence-electron chi connectivity index (χ2n) is 4.12. The molecule has 98 valence electrons. The molecule has 1 fully saturated rings. The van der Waals surface area contributed by atoms with Crippen LogP contribution in [-0.4, -0.2) is 36.5 Å². The Morgan fingerprint density at radius 1 is 1.50 bits per heavy atom. The number of hydrogen-bond acceptors (Lipinski definition) is 3. The van der Waals surface area contributed by atoms with E-state index in [1.807, 2.05) is 18.2 Å². The molecule has 0 unspecified atom stereocenters. The quantitative estimate of drug-likeness (QED) is 0.312. The van der Waals surface area contributed by atoms with Gasteiger partial charge < -0.3 is 9.64 Å². The van der Waals surface area contributed by atoms with Crippen LogP contribution in [0.4, 0.5) is 0 Å². The highest BCUT2D eigenvalue weighted by Crippen LogP contribution is 2.22. The van der Waals surface area contributed by atoms with Crippen LogP contribution in [0.15, 0.2) is 36.5 Å². The van der Waals surface area contributed by atoms with E-state index in [2.05, 4.69) is 6.58 Å². The number of carbonyl (C=O) groups is 2. The minimum absolute atomic E-state index is 0.0343. The van der Waals surface area contributed by atoms with Crippen molar-refractivity contribution in [2.45, 2.75) is 25.8 Å². The van der Waals surface area contributed by atoms with Crippen LogP contribution in [0, 0.1) is 0 Å². The molecule has 4 nitrogen and oxygen atoms in total. The van der Waals surface area contributed by atoms with Gasteiger partial charge in [0.2, 0.25) is 5.91 Å². The third kappa shape index (κ3) is 4.20. The van der Waals surface area contributed by atoms with Crippen molar-refractivity contribution in [1.82, 2.24) is 4.90 Å². The summed E-state index contributed by atoms with van der Waals surface area (Å²) in [4.78, 5) is 24.4. The van der Waals surface area contributed by atoms with E-state index in [1.165, 1.54) is 14.0 Å². The Balaban J connectivity index is 2.59. The monoisotopic (exact) mass is 249 g/mol. The van der Waals surface area contributed by atoms with Crippen molar-refractivity contribution in [3.63, 3.8) is 0 Å². The summed E-state index contributed by atoms with van der Waals surface area (Å²) in [5.41, 5.74) is 0.625. The molecule has 0 aromatic heterocycles. The van der Waals surface area contributed by atoms with Crippen LogP contribution in [0.1, 0.15) is 19.8 Å². The Kier molecular flexibility index (Phi) is 5.36. The lowest BCUT2D eigenvalue weighted by Crippen LogP contribution is -2.10. The highest BCUT2D eigenvalue weighted by Gasteiger charge is 2.35. The Bertz CT molecular complexity index is 396. The van der Waals surface area contributed by atoms with Gasteiger partial charge in [0.15, 0.2) is 0 Å². The van der Waals surface area contributed by atoms with Gasteiger partial charge in [-0.05, 0) is 18.9 Å². The van der Waals surface area contributed by atoms with E-state index in [0.29, 0.717) is 18.5 Å². The Morgan fingerprint density at radius 3 is 2.72 bits per heavy atom. The van der Waals surface area contributed by atoms with Crippen LogP contribution in [-0.2, 0) is 14.3 Å². The highest BCUT2D eigenvalue weighted by molar-refractivity contribution is 5.89. The number of amides is 1. The van der Waals surface area contributed by atoms with Crippen molar-refractivity contribution in [1.29, 1.82) is 0 Å². The van der Waals surface area contributed by atoms with Gasteiger partial charge in [-0.25, -0.2) is 4.79 Å². The predicted octanol–water partition coefficient (Wildman–Crippen LogP) is 1.84. The summed E-state index contributed by atoms with van der Waals surface area (Å²) in [6.45, 7) is 5.80. The molecule has 0 radical (unpaired) electrons. The summed E-state index contributed by atoms with van der Waals surface area (Å²) >= 11 is 0. The standard InChI is InChI=1S/C14H19NO3/c1-4-5-6-7-8-12(14(17)18-3)9-13-10-15(13)11(2)16/h4-6,9,13H,1,7-8,10H2,2-3H3/b6-5+,12-9+/t13-,15?/m1/s1. The first-order chi connectivity index (χ1) is 8.60. The molecule has 1 aliphatic heterocycles.